The van der Waals surface area contributed by atoms with Crippen molar-refractivity contribution in [2.45, 2.75) is 12.8 Å². The van der Waals surface area contributed by atoms with Crippen molar-refractivity contribution in [1.82, 2.24) is 21.0 Å². The SMILES string of the molecule is O=C(Cc1csc(-c2ccc(F)cc2)n1)NNC(=O)Cc1noc2ccccc12. The smallest absolute Gasteiger partial charge is 0.244 e. The molecule has 2 amide bonds. The standard InChI is InChI=1S/C20H15FN4O3S/c21-13-7-5-12(6-8-13)20-22-14(11-29-20)9-18(26)23-24-19(27)10-16-15-3-1-2-4-17(15)28-25-16/h1-8,11H,9-10H2,(H,23,26)(H,24,27). The molecular weight excluding hydrogens is 395 g/mol. The molecule has 0 aliphatic heterocycles. The van der Waals surface area contributed by atoms with E-state index in [0.29, 0.717) is 22.0 Å². The van der Waals surface area contributed by atoms with Crippen LogP contribution in [0.25, 0.3) is 21.5 Å². The number of aromatic nitrogens is 2. The van der Waals surface area contributed by atoms with Crippen molar-refractivity contribution in [3.8, 4) is 10.6 Å². The van der Waals surface area contributed by atoms with Crippen LogP contribution in [0.1, 0.15) is 11.4 Å². The molecule has 0 bridgehead atoms. The molecule has 0 radical (unpaired) electrons. The maximum atomic E-state index is 13.0. The predicted octanol–water partition coefficient (Wildman–Crippen LogP) is 3.02. The fraction of sp³-hybridized carbons (Fsp3) is 0.100. The van der Waals surface area contributed by atoms with E-state index in [1.54, 1.807) is 23.6 Å². The zero-order chi connectivity index (χ0) is 20.2. The van der Waals surface area contributed by atoms with Gasteiger partial charge in [-0.2, -0.15) is 0 Å². The zero-order valence-corrected chi connectivity index (χ0v) is 15.8. The second kappa shape index (κ2) is 8.19. The van der Waals surface area contributed by atoms with Gasteiger partial charge < -0.3 is 4.52 Å². The molecule has 0 aliphatic rings. The van der Waals surface area contributed by atoms with Crippen LogP contribution in [0.15, 0.2) is 58.4 Å². The Bertz CT molecular complexity index is 1170. The summed E-state index contributed by atoms with van der Waals surface area (Å²) in [6, 6.07) is 13.2. The van der Waals surface area contributed by atoms with E-state index >= 15 is 0 Å². The van der Waals surface area contributed by atoms with Gasteiger partial charge in [0.05, 0.1) is 18.5 Å². The summed E-state index contributed by atoms with van der Waals surface area (Å²) in [7, 11) is 0. The van der Waals surface area contributed by atoms with Gasteiger partial charge in [0, 0.05) is 16.3 Å². The number of carbonyl (C=O) groups excluding carboxylic acids is 2. The highest BCUT2D eigenvalue weighted by Gasteiger charge is 2.14. The molecule has 0 unspecified atom stereocenters. The van der Waals surface area contributed by atoms with Gasteiger partial charge >= 0.3 is 0 Å². The van der Waals surface area contributed by atoms with Crippen LogP contribution >= 0.6 is 11.3 Å². The van der Waals surface area contributed by atoms with Crippen molar-refractivity contribution in [3.05, 3.63) is 71.1 Å². The first-order chi connectivity index (χ1) is 14.1. The van der Waals surface area contributed by atoms with Crippen LogP contribution in [0, 0.1) is 5.82 Å². The number of hydrogen-bond acceptors (Lipinski definition) is 6. The number of hydrogen-bond donors (Lipinski definition) is 2. The van der Waals surface area contributed by atoms with E-state index in [0.717, 1.165) is 10.9 Å². The lowest BCUT2D eigenvalue weighted by atomic mass is 10.2. The lowest BCUT2D eigenvalue weighted by Gasteiger charge is -2.05. The molecule has 146 valence electrons. The number of amides is 2. The molecule has 4 rings (SSSR count). The first kappa shape index (κ1) is 18.8. The predicted molar refractivity (Wildman–Crippen MR) is 105 cm³/mol. The number of benzene rings is 2. The Morgan fingerprint density at radius 3 is 2.52 bits per heavy atom. The van der Waals surface area contributed by atoms with Gasteiger partial charge in [-0.3, -0.25) is 20.4 Å². The van der Waals surface area contributed by atoms with E-state index in [2.05, 4.69) is 21.0 Å². The minimum atomic E-state index is -0.414. The van der Waals surface area contributed by atoms with Crippen LogP contribution in [-0.2, 0) is 22.4 Å². The summed E-state index contributed by atoms with van der Waals surface area (Å²) >= 11 is 1.36. The van der Waals surface area contributed by atoms with Gasteiger partial charge in [0.2, 0.25) is 11.8 Å². The summed E-state index contributed by atoms with van der Waals surface area (Å²) in [6.07, 6.45) is -0.0203. The maximum absolute atomic E-state index is 13.0. The molecule has 0 fully saturated rings. The topological polar surface area (TPSA) is 97.1 Å². The fourth-order valence-corrected chi connectivity index (χ4v) is 3.55. The first-order valence-electron chi connectivity index (χ1n) is 8.70. The number of fused-ring (bicyclic) bond motifs is 1. The molecule has 0 aliphatic carbocycles. The number of thiazole rings is 1. The molecular formula is C20H15FN4O3S. The quantitative estimate of drug-likeness (QED) is 0.493. The van der Waals surface area contributed by atoms with Crippen molar-refractivity contribution < 1.29 is 18.5 Å². The molecule has 2 N–H and O–H groups in total. The lowest BCUT2D eigenvalue weighted by molar-refractivity contribution is -0.128. The van der Waals surface area contributed by atoms with E-state index in [1.807, 2.05) is 18.2 Å². The van der Waals surface area contributed by atoms with Gasteiger partial charge in [0.1, 0.15) is 16.5 Å². The van der Waals surface area contributed by atoms with E-state index in [4.69, 9.17) is 4.52 Å². The summed E-state index contributed by atoms with van der Waals surface area (Å²) in [4.78, 5) is 28.5. The average molecular weight is 410 g/mol. The van der Waals surface area contributed by atoms with Crippen molar-refractivity contribution in [3.63, 3.8) is 0 Å². The van der Waals surface area contributed by atoms with Crippen LogP contribution in [0.3, 0.4) is 0 Å². The van der Waals surface area contributed by atoms with Gasteiger partial charge in [-0.05, 0) is 36.4 Å². The van der Waals surface area contributed by atoms with Crippen molar-refractivity contribution in [2.75, 3.05) is 0 Å². The normalized spacial score (nSPS) is 10.8. The third kappa shape index (κ3) is 4.46. The Morgan fingerprint density at radius 2 is 1.72 bits per heavy atom. The number of nitrogens with zero attached hydrogens (tertiary/aromatic N) is 2. The Kier molecular flexibility index (Phi) is 5.30. The highest BCUT2D eigenvalue weighted by Crippen LogP contribution is 2.24. The molecule has 2 heterocycles. The summed E-state index contributed by atoms with van der Waals surface area (Å²) < 4.78 is 18.2. The molecule has 0 saturated carbocycles. The maximum Gasteiger partial charge on any atom is 0.244 e. The molecule has 9 heteroatoms. The second-order valence-electron chi connectivity index (χ2n) is 6.23. The number of rotatable bonds is 5. The number of nitrogens with one attached hydrogen (secondary N) is 2. The highest BCUT2D eigenvalue weighted by molar-refractivity contribution is 7.13. The number of para-hydroxylation sites is 1. The van der Waals surface area contributed by atoms with Crippen LogP contribution in [-0.4, -0.2) is 22.0 Å². The van der Waals surface area contributed by atoms with Crippen molar-refractivity contribution in [2.24, 2.45) is 0 Å². The molecule has 29 heavy (non-hydrogen) atoms. The third-order valence-electron chi connectivity index (χ3n) is 4.11. The fourth-order valence-electron chi connectivity index (χ4n) is 2.72. The third-order valence-corrected chi connectivity index (χ3v) is 5.05. The molecule has 4 aromatic rings. The van der Waals surface area contributed by atoms with Crippen LogP contribution in [0.4, 0.5) is 4.39 Å². The van der Waals surface area contributed by atoms with Crippen molar-refractivity contribution in [1.29, 1.82) is 0 Å². The molecule has 2 aromatic carbocycles. The van der Waals surface area contributed by atoms with Crippen LogP contribution in [0.5, 0.6) is 0 Å². The van der Waals surface area contributed by atoms with Gasteiger partial charge in [-0.1, -0.05) is 17.3 Å². The number of carbonyl (C=O) groups is 2. The summed E-state index contributed by atoms with van der Waals surface area (Å²) in [6.45, 7) is 0. The van der Waals surface area contributed by atoms with Crippen LogP contribution < -0.4 is 10.9 Å². The largest absolute Gasteiger partial charge is 0.356 e. The Morgan fingerprint density at radius 1 is 1.00 bits per heavy atom. The molecule has 7 nitrogen and oxygen atoms in total. The Labute approximate surface area is 168 Å². The van der Waals surface area contributed by atoms with Gasteiger partial charge in [0.15, 0.2) is 5.58 Å². The monoisotopic (exact) mass is 410 g/mol. The molecule has 0 atom stereocenters. The summed E-state index contributed by atoms with van der Waals surface area (Å²) in [5.74, 6) is -1.14. The van der Waals surface area contributed by atoms with Gasteiger partial charge in [-0.15, -0.1) is 11.3 Å². The summed E-state index contributed by atoms with van der Waals surface area (Å²) in [5, 5.41) is 7.08. The minimum absolute atomic E-state index is 0.00483. The molecule has 2 aromatic heterocycles. The Hall–Kier alpha value is -3.59. The minimum Gasteiger partial charge on any atom is -0.356 e. The lowest BCUT2D eigenvalue weighted by Crippen LogP contribution is -2.43. The van der Waals surface area contributed by atoms with Gasteiger partial charge in [0.25, 0.3) is 0 Å². The molecule has 0 spiro atoms. The van der Waals surface area contributed by atoms with E-state index < -0.39 is 11.8 Å². The Balaban J connectivity index is 1.30. The van der Waals surface area contributed by atoms with E-state index in [-0.39, 0.29) is 18.7 Å². The number of hydrazine groups is 1. The van der Waals surface area contributed by atoms with Crippen molar-refractivity contribution >= 4 is 34.1 Å². The number of halogens is 1. The summed E-state index contributed by atoms with van der Waals surface area (Å²) in [5.41, 5.74) is 7.16. The average Bonchev–Trinajstić information content (AvgIpc) is 3.35. The highest BCUT2D eigenvalue weighted by atomic mass is 32.1. The zero-order valence-electron chi connectivity index (χ0n) is 15.0. The van der Waals surface area contributed by atoms with E-state index in [9.17, 15) is 14.0 Å². The second-order valence-corrected chi connectivity index (χ2v) is 7.08. The van der Waals surface area contributed by atoms with E-state index in [1.165, 1.54) is 23.5 Å². The molecule has 0 saturated heterocycles. The van der Waals surface area contributed by atoms with Crippen LogP contribution in [0.2, 0.25) is 0 Å². The van der Waals surface area contributed by atoms with Gasteiger partial charge in [-0.25, -0.2) is 9.37 Å². The first-order valence-corrected chi connectivity index (χ1v) is 9.58.